The van der Waals surface area contributed by atoms with E-state index in [2.05, 4.69) is 4.98 Å². The van der Waals surface area contributed by atoms with Gasteiger partial charge in [0.15, 0.2) is 11.6 Å². The van der Waals surface area contributed by atoms with Crippen molar-refractivity contribution in [1.82, 2.24) is 4.98 Å². The summed E-state index contributed by atoms with van der Waals surface area (Å²) < 4.78 is 19.6. The molecule has 0 saturated heterocycles. The number of aromatic nitrogens is 1. The van der Waals surface area contributed by atoms with E-state index in [4.69, 9.17) is 16.3 Å². The average Bonchev–Trinajstić information content (AvgIpc) is 2.40. The lowest BCUT2D eigenvalue weighted by Crippen LogP contribution is -2.26. The number of aryl methyl sites for hydroxylation is 1. The molecule has 0 bridgehead atoms. The minimum atomic E-state index is -0.950. The Hall–Kier alpha value is -2.21. The molecule has 0 N–H and O–H groups in total. The van der Waals surface area contributed by atoms with Crippen LogP contribution in [-0.2, 0) is 5.60 Å². The molecule has 0 saturated carbocycles. The predicted molar refractivity (Wildman–Crippen MR) is 80.7 cm³/mol. The van der Waals surface area contributed by atoms with Crippen molar-refractivity contribution >= 4 is 17.3 Å². The molecular weight excluding hydrogens is 311 g/mol. The summed E-state index contributed by atoms with van der Waals surface area (Å²) in [6.45, 7) is 5.23. The van der Waals surface area contributed by atoms with Gasteiger partial charge in [0.25, 0.3) is 5.69 Å². The van der Waals surface area contributed by atoms with Crippen LogP contribution in [0.15, 0.2) is 30.5 Å². The number of nitro benzene ring substituents is 1. The van der Waals surface area contributed by atoms with Crippen LogP contribution in [0.4, 0.5) is 10.1 Å². The molecule has 2 aromatic rings. The van der Waals surface area contributed by atoms with E-state index in [0.717, 1.165) is 11.8 Å². The van der Waals surface area contributed by atoms with Gasteiger partial charge in [0.2, 0.25) is 0 Å². The van der Waals surface area contributed by atoms with Crippen molar-refractivity contribution in [3.63, 3.8) is 0 Å². The van der Waals surface area contributed by atoms with E-state index < -0.39 is 16.3 Å². The van der Waals surface area contributed by atoms with E-state index in [-0.39, 0.29) is 11.4 Å². The highest BCUT2D eigenvalue weighted by molar-refractivity contribution is 6.31. The molecule has 0 aliphatic rings. The fourth-order valence-electron chi connectivity index (χ4n) is 1.99. The fourth-order valence-corrected chi connectivity index (χ4v) is 2.42. The summed E-state index contributed by atoms with van der Waals surface area (Å²) in [6.07, 6.45) is 1.57. The third-order valence-corrected chi connectivity index (χ3v) is 3.44. The summed E-state index contributed by atoms with van der Waals surface area (Å²) in [7, 11) is 0. The molecule has 0 radical (unpaired) electrons. The zero-order valence-corrected chi connectivity index (χ0v) is 13.0. The number of rotatable bonds is 4. The van der Waals surface area contributed by atoms with Gasteiger partial charge in [-0.15, -0.1) is 0 Å². The second-order valence-corrected chi connectivity index (χ2v) is 5.70. The van der Waals surface area contributed by atoms with Crippen LogP contribution < -0.4 is 4.74 Å². The Morgan fingerprint density at radius 2 is 2.05 bits per heavy atom. The predicted octanol–water partition coefficient (Wildman–Crippen LogP) is 4.40. The van der Waals surface area contributed by atoms with Crippen LogP contribution in [0.3, 0.4) is 0 Å². The van der Waals surface area contributed by atoms with Crippen LogP contribution in [0.2, 0.25) is 5.02 Å². The van der Waals surface area contributed by atoms with Gasteiger partial charge in [-0.2, -0.15) is 0 Å². The minimum Gasteiger partial charge on any atom is -0.480 e. The molecule has 0 amide bonds. The summed E-state index contributed by atoms with van der Waals surface area (Å²) in [5, 5.41) is 11.1. The van der Waals surface area contributed by atoms with Gasteiger partial charge in [-0.3, -0.25) is 15.1 Å². The number of halogens is 2. The Balaban J connectivity index is 2.34. The highest BCUT2D eigenvalue weighted by atomic mass is 35.5. The lowest BCUT2D eigenvalue weighted by Gasteiger charge is -2.27. The van der Waals surface area contributed by atoms with Gasteiger partial charge < -0.3 is 4.74 Å². The Morgan fingerprint density at radius 1 is 1.36 bits per heavy atom. The van der Waals surface area contributed by atoms with E-state index in [0.29, 0.717) is 10.6 Å². The number of benzene rings is 1. The molecule has 5 nitrogen and oxygen atoms in total. The van der Waals surface area contributed by atoms with Crippen molar-refractivity contribution in [3.05, 3.63) is 62.7 Å². The largest absolute Gasteiger partial charge is 0.480 e. The molecule has 0 aliphatic heterocycles. The average molecular weight is 325 g/mol. The molecule has 1 heterocycles. The van der Waals surface area contributed by atoms with Crippen molar-refractivity contribution in [2.24, 2.45) is 0 Å². The maximum absolute atomic E-state index is 13.9. The number of nitro groups is 1. The van der Waals surface area contributed by atoms with E-state index in [1.54, 1.807) is 33.0 Å². The van der Waals surface area contributed by atoms with Crippen molar-refractivity contribution in [1.29, 1.82) is 0 Å². The second kappa shape index (κ2) is 5.88. The molecule has 0 aliphatic carbocycles. The van der Waals surface area contributed by atoms with Crippen molar-refractivity contribution < 1.29 is 14.1 Å². The van der Waals surface area contributed by atoms with Crippen molar-refractivity contribution in [2.45, 2.75) is 26.4 Å². The molecule has 0 spiro atoms. The standard InChI is InChI=1S/C15H14ClFN2O3/c1-9-6-12(16)11(8-18-9)15(2,3)22-14-5-4-10(19(20)21)7-13(14)17/h4-8H,1-3H3. The van der Waals surface area contributed by atoms with E-state index in [9.17, 15) is 14.5 Å². The number of hydrogen-bond acceptors (Lipinski definition) is 4. The van der Waals surface area contributed by atoms with E-state index in [1.807, 2.05) is 0 Å². The Bertz CT molecular complexity index is 735. The topological polar surface area (TPSA) is 65.3 Å². The van der Waals surface area contributed by atoms with Gasteiger partial charge in [0.05, 0.1) is 16.0 Å². The number of ether oxygens (including phenoxy) is 1. The van der Waals surface area contributed by atoms with E-state index in [1.165, 1.54) is 12.1 Å². The maximum atomic E-state index is 13.9. The monoisotopic (exact) mass is 324 g/mol. The van der Waals surface area contributed by atoms with Crippen LogP contribution in [0.5, 0.6) is 5.75 Å². The molecule has 0 fully saturated rings. The number of nitrogens with zero attached hydrogens (tertiary/aromatic N) is 2. The molecule has 116 valence electrons. The number of hydrogen-bond donors (Lipinski definition) is 0. The third-order valence-electron chi connectivity index (χ3n) is 3.13. The third kappa shape index (κ3) is 3.33. The molecular formula is C15H14ClFN2O3. The lowest BCUT2D eigenvalue weighted by molar-refractivity contribution is -0.385. The van der Waals surface area contributed by atoms with Gasteiger partial charge in [-0.05, 0) is 32.9 Å². The zero-order chi connectivity index (χ0) is 16.5. The summed E-state index contributed by atoms with van der Waals surface area (Å²) >= 11 is 6.18. The molecule has 1 aromatic heterocycles. The van der Waals surface area contributed by atoms with Gasteiger partial charge in [0.1, 0.15) is 5.60 Å². The normalized spacial score (nSPS) is 11.3. The summed E-state index contributed by atoms with van der Waals surface area (Å²) in [6, 6.07) is 4.92. The van der Waals surface area contributed by atoms with Crippen LogP contribution in [-0.4, -0.2) is 9.91 Å². The minimum absolute atomic E-state index is 0.0905. The zero-order valence-electron chi connectivity index (χ0n) is 12.3. The van der Waals surface area contributed by atoms with Crippen LogP contribution in [0, 0.1) is 22.9 Å². The number of pyridine rings is 1. The first-order valence-corrected chi connectivity index (χ1v) is 6.84. The highest BCUT2D eigenvalue weighted by Gasteiger charge is 2.27. The van der Waals surface area contributed by atoms with Crippen molar-refractivity contribution in [2.75, 3.05) is 0 Å². The van der Waals surface area contributed by atoms with Crippen LogP contribution >= 0.6 is 11.6 Å². The Kier molecular flexibility index (Phi) is 4.32. The smallest absolute Gasteiger partial charge is 0.272 e. The first kappa shape index (κ1) is 16.2. The summed E-state index contributed by atoms with van der Waals surface area (Å²) in [5.41, 5.74) is 0.0654. The molecule has 1 aromatic carbocycles. The lowest BCUT2D eigenvalue weighted by atomic mass is 9.99. The van der Waals surface area contributed by atoms with Gasteiger partial charge >= 0.3 is 0 Å². The maximum Gasteiger partial charge on any atom is 0.272 e. The highest BCUT2D eigenvalue weighted by Crippen LogP contribution is 2.34. The first-order chi connectivity index (χ1) is 10.2. The second-order valence-electron chi connectivity index (χ2n) is 5.29. The molecule has 0 unspecified atom stereocenters. The Labute approximate surface area is 131 Å². The summed E-state index contributed by atoms with van der Waals surface area (Å²) in [4.78, 5) is 14.1. The number of non-ortho nitro benzene ring substituents is 1. The summed E-state index contributed by atoms with van der Waals surface area (Å²) in [5.74, 6) is -0.897. The molecule has 22 heavy (non-hydrogen) atoms. The Morgan fingerprint density at radius 3 is 2.59 bits per heavy atom. The molecule has 7 heteroatoms. The van der Waals surface area contributed by atoms with Gasteiger partial charge in [0, 0.05) is 23.5 Å². The van der Waals surface area contributed by atoms with E-state index >= 15 is 0 Å². The molecule has 2 rings (SSSR count). The van der Waals surface area contributed by atoms with Crippen LogP contribution in [0.25, 0.3) is 0 Å². The van der Waals surface area contributed by atoms with Crippen LogP contribution in [0.1, 0.15) is 25.1 Å². The SMILES string of the molecule is Cc1cc(Cl)c(C(C)(C)Oc2ccc([N+](=O)[O-])cc2F)cn1. The van der Waals surface area contributed by atoms with Crippen molar-refractivity contribution in [3.8, 4) is 5.75 Å². The molecule has 0 atom stereocenters. The van der Waals surface area contributed by atoms with Gasteiger partial charge in [-0.1, -0.05) is 11.6 Å². The quantitative estimate of drug-likeness (QED) is 0.617. The first-order valence-electron chi connectivity index (χ1n) is 6.46. The van der Waals surface area contributed by atoms with Gasteiger partial charge in [-0.25, -0.2) is 4.39 Å². The fraction of sp³-hybridized carbons (Fsp3) is 0.267.